The molecule has 7 nitrogen and oxygen atoms in total. The summed E-state index contributed by atoms with van der Waals surface area (Å²) in [5.41, 5.74) is 8.50. The number of nitrogens with two attached hydrogens (primary N) is 1. The van der Waals surface area contributed by atoms with E-state index in [1.165, 1.54) is 6.20 Å². The summed E-state index contributed by atoms with van der Waals surface area (Å²) < 4.78 is 31.5. The molecule has 0 unspecified atom stereocenters. The van der Waals surface area contributed by atoms with Gasteiger partial charge in [0.25, 0.3) is 6.02 Å². The minimum Gasteiger partial charge on any atom is -0.462 e. The van der Waals surface area contributed by atoms with Crippen LogP contribution >= 0.6 is 0 Å². The van der Waals surface area contributed by atoms with E-state index >= 15 is 0 Å². The van der Waals surface area contributed by atoms with Crippen LogP contribution < -0.4 is 10.5 Å². The average molecular weight is 444 g/mol. The smallest absolute Gasteiger partial charge is 0.283 e. The molecule has 3 aliphatic rings. The van der Waals surface area contributed by atoms with Gasteiger partial charge in [0, 0.05) is 28.9 Å². The summed E-state index contributed by atoms with van der Waals surface area (Å²) in [5, 5.41) is 0. The number of fused-ring (bicyclic) bond motifs is 4. The van der Waals surface area contributed by atoms with Gasteiger partial charge in [-0.2, -0.15) is 4.39 Å². The molecule has 0 radical (unpaired) electrons. The van der Waals surface area contributed by atoms with E-state index < -0.39 is 11.5 Å². The summed E-state index contributed by atoms with van der Waals surface area (Å²) in [6, 6.07) is 10.9. The number of amidine groups is 1. The quantitative estimate of drug-likeness (QED) is 0.614. The highest BCUT2D eigenvalue weighted by atomic mass is 19.1. The number of rotatable bonds is 3. The largest absolute Gasteiger partial charge is 0.462 e. The molecule has 1 spiro atoms. The van der Waals surface area contributed by atoms with E-state index in [9.17, 15) is 4.39 Å². The fourth-order valence-corrected chi connectivity index (χ4v) is 4.42. The molecule has 0 saturated carbocycles. The normalized spacial score (nSPS) is 22.2. The molecular formula is C25H21FN4O3. The lowest BCUT2D eigenvalue weighted by Crippen LogP contribution is -2.37. The molecule has 5 heterocycles. The molecule has 3 aromatic rings. The van der Waals surface area contributed by atoms with Gasteiger partial charge >= 0.3 is 0 Å². The van der Waals surface area contributed by atoms with Crippen molar-refractivity contribution in [3.63, 3.8) is 0 Å². The number of pyridine rings is 2. The Balaban J connectivity index is 1.48. The van der Waals surface area contributed by atoms with Gasteiger partial charge in [0.15, 0.2) is 5.54 Å². The third kappa shape index (κ3) is 3.17. The van der Waals surface area contributed by atoms with Crippen LogP contribution in [0.15, 0.2) is 59.9 Å². The van der Waals surface area contributed by atoms with Crippen LogP contribution in [0.1, 0.15) is 23.6 Å². The summed E-state index contributed by atoms with van der Waals surface area (Å²) in [4.78, 5) is 13.0. The summed E-state index contributed by atoms with van der Waals surface area (Å²) in [6.07, 6.45) is 7.35. The predicted molar refractivity (Wildman–Crippen MR) is 120 cm³/mol. The predicted octanol–water partition coefficient (Wildman–Crippen LogP) is 4.03. The van der Waals surface area contributed by atoms with E-state index in [-0.39, 0.29) is 18.0 Å². The number of ether oxygens (including phenoxy) is 3. The summed E-state index contributed by atoms with van der Waals surface area (Å²) in [6.45, 7) is 3.74. The van der Waals surface area contributed by atoms with Crippen LogP contribution in [0.5, 0.6) is 11.6 Å². The molecule has 6 rings (SSSR count). The zero-order valence-corrected chi connectivity index (χ0v) is 17.9. The fraction of sp³-hybridized carbons (Fsp3) is 0.240. The Morgan fingerprint density at radius 2 is 1.97 bits per heavy atom. The number of aromatic nitrogens is 2. The maximum atomic E-state index is 14.4. The van der Waals surface area contributed by atoms with Crippen molar-refractivity contribution in [2.75, 3.05) is 19.8 Å². The van der Waals surface area contributed by atoms with Gasteiger partial charge in [-0.25, -0.2) is 15.0 Å². The Bertz CT molecular complexity index is 1330. The molecule has 3 aliphatic heterocycles. The van der Waals surface area contributed by atoms with Gasteiger partial charge in [-0.3, -0.25) is 0 Å². The fourth-order valence-electron chi connectivity index (χ4n) is 4.42. The molecule has 33 heavy (non-hydrogen) atoms. The minimum atomic E-state index is -0.942. The first-order chi connectivity index (χ1) is 16.0. The average Bonchev–Trinajstić information content (AvgIpc) is 3.19. The lowest BCUT2D eigenvalue weighted by molar-refractivity contribution is -0.0703. The standard InChI is InChI=1S/C25H21FN4O3/c1-24(12-31-13-24)7-6-15-9-19-22(29-11-15)33-20-5-4-16(17-3-2-8-28-21(17)26)10-18(20)25(19)14-32-23(27)30-25/h2-11H,12-14H2,1H3,(H2,27,30)/t25-/m0/s1. The van der Waals surface area contributed by atoms with E-state index in [0.29, 0.717) is 36.0 Å². The van der Waals surface area contributed by atoms with E-state index in [0.717, 1.165) is 16.7 Å². The highest BCUT2D eigenvalue weighted by molar-refractivity contribution is 5.78. The SMILES string of the molecule is CC1(C=Cc2cnc3c(c2)[C@]2(COC(N)=N2)c2cc(-c4cccnc4F)ccc2O3)COC1. The van der Waals surface area contributed by atoms with Crippen molar-refractivity contribution in [2.45, 2.75) is 12.5 Å². The molecule has 0 aliphatic carbocycles. The van der Waals surface area contributed by atoms with Crippen LogP contribution in [0.3, 0.4) is 0 Å². The van der Waals surface area contributed by atoms with Crippen molar-refractivity contribution in [2.24, 2.45) is 16.1 Å². The van der Waals surface area contributed by atoms with Crippen LogP contribution in [0.4, 0.5) is 4.39 Å². The Kier molecular flexibility index (Phi) is 4.28. The second kappa shape index (κ2) is 7.11. The number of nitrogens with zero attached hydrogens (tertiary/aromatic N) is 3. The monoisotopic (exact) mass is 444 g/mol. The Morgan fingerprint density at radius 1 is 1.09 bits per heavy atom. The zero-order valence-electron chi connectivity index (χ0n) is 17.9. The van der Waals surface area contributed by atoms with Gasteiger partial charge in [0.1, 0.15) is 12.4 Å². The zero-order chi connectivity index (χ0) is 22.6. The van der Waals surface area contributed by atoms with Crippen molar-refractivity contribution >= 4 is 12.1 Å². The first-order valence-corrected chi connectivity index (χ1v) is 10.6. The number of hydrogen-bond donors (Lipinski definition) is 1. The van der Waals surface area contributed by atoms with E-state index in [2.05, 4.69) is 23.0 Å². The van der Waals surface area contributed by atoms with Crippen LogP contribution in [0, 0.1) is 11.4 Å². The molecule has 0 amide bonds. The molecule has 2 N–H and O–H groups in total. The minimum absolute atomic E-state index is 0.0262. The van der Waals surface area contributed by atoms with Crippen molar-refractivity contribution in [3.8, 4) is 22.8 Å². The lowest BCUT2D eigenvalue weighted by atomic mass is 9.81. The van der Waals surface area contributed by atoms with E-state index in [4.69, 9.17) is 24.9 Å². The van der Waals surface area contributed by atoms with Gasteiger partial charge in [0.2, 0.25) is 11.8 Å². The van der Waals surface area contributed by atoms with Crippen LogP contribution in [-0.2, 0) is 15.0 Å². The maximum absolute atomic E-state index is 14.4. The molecule has 166 valence electrons. The highest BCUT2D eigenvalue weighted by Gasteiger charge is 2.48. The molecule has 0 bridgehead atoms. The second-order valence-electron chi connectivity index (χ2n) is 8.86. The van der Waals surface area contributed by atoms with Gasteiger partial charge in [-0.05, 0) is 41.5 Å². The molecule has 1 saturated heterocycles. The Morgan fingerprint density at radius 3 is 2.70 bits per heavy atom. The van der Waals surface area contributed by atoms with Crippen molar-refractivity contribution in [3.05, 3.63) is 77.5 Å². The van der Waals surface area contributed by atoms with Crippen LogP contribution in [-0.4, -0.2) is 35.8 Å². The lowest BCUT2D eigenvalue weighted by Gasteiger charge is -2.35. The van der Waals surface area contributed by atoms with Gasteiger partial charge in [-0.15, -0.1) is 0 Å². The summed E-state index contributed by atoms with van der Waals surface area (Å²) >= 11 is 0. The van der Waals surface area contributed by atoms with Gasteiger partial charge in [0.05, 0.1) is 18.8 Å². The summed E-state index contributed by atoms with van der Waals surface area (Å²) in [5.74, 6) is 0.476. The third-order valence-corrected chi connectivity index (χ3v) is 6.29. The first kappa shape index (κ1) is 19.9. The van der Waals surface area contributed by atoms with Crippen molar-refractivity contribution in [1.82, 2.24) is 9.97 Å². The van der Waals surface area contributed by atoms with E-state index in [1.807, 2.05) is 18.2 Å². The number of hydrogen-bond acceptors (Lipinski definition) is 7. The number of aliphatic imine (C=N–C) groups is 1. The van der Waals surface area contributed by atoms with Crippen molar-refractivity contribution in [1.29, 1.82) is 0 Å². The summed E-state index contributed by atoms with van der Waals surface area (Å²) in [7, 11) is 0. The number of halogens is 1. The molecule has 1 atom stereocenters. The van der Waals surface area contributed by atoms with Crippen molar-refractivity contribution < 1.29 is 18.6 Å². The first-order valence-electron chi connectivity index (χ1n) is 10.6. The maximum Gasteiger partial charge on any atom is 0.283 e. The van der Waals surface area contributed by atoms with Gasteiger partial charge in [-0.1, -0.05) is 25.1 Å². The highest BCUT2D eigenvalue weighted by Crippen LogP contribution is 2.51. The van der Waals surface area contributed by atoms with Crippen LogP contribution in [0.2, 0.25) is 0 Å². The Hall–Kier alpha value is -3.78. The molecule has 2 aromatic heterocycles. The van der Waals surface area contributed by atoms with E-state index in [1.54, 1.807) is 30.5 Å². The molecule has 1 fully saturated rings. The number of benzene rings is 1. The topological polar surface area (TPSA) is 91.9 Å². The molecule has 1 aromatic carbocycles. The van der Waals surface area contributed by atoms with Crippen LogP contribution in [0.25, 0.3) is 17.2 Å². The Labute approximate surface area is 189 Å². The second-order valence-corrected chi connectivity index (χ2v) is 8.86. The van der Waals surface area contributed by atoms with Gasteiger partial charge < -0.3 is 19.9 Å². The third-order valence-electron chi connectivity index (χ3n) is 6.29. The molecular weight excluding hydrogens is 423 g/mol. The molecule has 8 heteroatoms.